The van der Waals surface area contributed by atoms with Gasteiger partial charge in [0, 0.05) is 32.5 Å². The van der Waals surface area contributed by atoms with Crippen LogP contribution in [0.2, 0.25) is 0 Å². The maximum absolute atomic E-state index is 11.1. The first kappa shape index (κ1) is 13.2. The van der Waals surface area contributed by atoms with Crippen molar-refractivity contribution in [2.45, 2.75) is 32.3 Å². The summed E-state index contributed by atoms with van der Waals surface area (Å²) in [6.45, 7) is 4.60. The fraction of sp³-hybridized carbons (Fsp3) is 0.533. The largest absolute Gasteiger partial charge is 0.388 e. The zero-order chi connectivity index (χ0) is 13.0. The van der Waals surface area contributed by atoms with Crippen LogP contribution in [0.5, 0.6) is 0 Å². The summed E-state index contributed by atoms with van der Waals surface area (Å²) in [6.07, 6.45) is 1.67. The highest BCUT2D eigenvalue weighted by Crippen LogP contribution is 2.18. The topological polar surface area (TPSA) is 40.5 Å². The monoisotopic (exact) mass is 247 g/mol. The molecule has 3 heteroatoms. The van der Waals surface area contributed by atoms with Crippen LogP contribution in [-0.4, -0.2) is 35.4 Å². The predicted molar refractivity (Wildman–Crippen MR) is 71.4 cm³/mol. The summed E-state index contributed by atoms with van der Waals surface area (Å²) >= 11 is 0. The molecule has 0 aromatic heterocycles. The van der Waals surface area contributed by atoms with E-state index in [1.807, 2.05) is 31.2 Å². The minimum atomic E-state index is -0.400. The quantitative estimate of drug-likeness (QED) is 0.885. The van der Waals surface area contributed by atoms with Crippen LogP contribution in [0.3, 0.4) is 0 Å². The molecule has 18 heavy (non-hydrogen) atoms. The van der Waals surface area contributed by atoms with Crippen molar-refractivity contribution in [2.24, 2.45) is 0 Å². The molecule has 3 nitrogen and oxygen atoms in total. The number of hydrogen-bond acceptors (Lipinski definition) is 3. The van der Waals surface area contributed by atoms with Gasteiger partial charge in [0.2, 0.25) is 0 Å². The van der Waals surface area contributed by atoms with Crippen molar-refractivity contribution in [2.75, 3.05) is 19.6 Å². The van der Waals surface area contributed by atoms with Crippen molar-refractivity contribution < 1.29 is 9.90 Å². The summed E-state index contributed by atoms with van der Waals surface area (Å²) in [5.74, 6) is 0.366. The zero-order valence-electron chi connectivity index (χ0n) is 10.9. The molecule has 0 radical (unpaired) electrons. The SMILES string of the molecule is Cc1ccc(C(O)CCN2CCC(=O)CC2)cc1. The van der Waals surface area contributed by atoms with Gasteiger partial charge in [-0.2, -0.15) is 0 Å². The molecule has 1 fully saturated rings. The van der Waals surface area contributed by atoms with E-state index in [1.54, 1.807) is 0 Å². The average molecular weight is 247 g/mol. The van der Waals surface area contributed by atoms with Gasteiger partial charge < -0.3 is 10.0 Å². The maximum atomic E-state index is 11.1. The summed E-state index contributed by atoms with van der Waals surface area (Å²) in [5, 5.41) is 10.1. The maximum Gasteiger partial charge on any atom is 0.135 e. The fourth-order valence-corrected chi connectivity index (χ4v) is 2.29. The van der Waals surface area contributed by atoms with E-state index in [2.05, 4.69) is 4.90 Å². The Morgan fingerprint density at radius 3 is 2.44 bits per heavy atom. The van der Waals surface area contributed by atoms with Crippen molar-refractivity contribution >= 4 is 5.78 Å². The van der Waals surface area contributed by atoms with E-state index >= 15 is 0 Å². The van der Waals surface area contributed by atoms with Gasteiger partial charge in [-0.1, -0.05) is 29.8 Å². The molecule has 1 saturated heterocycles. The molecule has 1 heterocycles. The van der Waals surface area contributed by atoms with Gasteiger partial charge in [-0.05, 0) is 18.9 Å². The number of aryl methyl sites for hydroxylation is 1. The highest BCUT2D eigenvalue weighted by Gasteiger charge is 2.17. The van der Waals surface area contributed by atoms with E-state index in [1.165, 1.54) is 5.56 Å². The molecule has 1 aliphatic heterocycles. The van der Waals surface area contributed by atoms with Gasteiger partial charge in [0.1, 0.15) is 5.78 Å². The molecule has 1 aromatic carbocycles. The number of carbonyl (C=O) groups excluding carboxylic acids is 1. The van der Waals surface area contributed by atoms with Crippen LogP contribution < -0.4 is 0 Å². The fourth-order valence-electron chi connectivity index (χ4n) is 2.29. The lowest BCUT2D eigenvalue weighted by Gasteiger charge is -2.26. The van der Waals surface area contributed by atoms with Crippen molar-refractivity contribution in [1.82, 2.24) is 4.90 Å². The third-order valence-electron chi connectivity index (χ3n) is 3.59. The number of aliphatic hydroxyl groups excluding tert-OH is 1. The Labute approximate surface area is 108 Å². The second-order valence-corrected chi connectivity index (χ2v) is 5.10. The predicted octanol–water partition coefficient (Wildman–Crippen LogP) is 2.08. The number of Topliss-reactive ketones (excluding diaryl/α,β-unsaturated/α-hetero) is 1. The van der Waals surface area contributed by atoms with Crippen molar-refractivity contribution in [3.8, 4) is 0 Å². The summed E-state index contributed by atoms with van der Waals surface area (Å²) in [6, 6.07) is 8.02. The second-order valence-electron chi connectivity index (χ2n) is 5.10. The average Bonchev–Trinajstić information content (AvgIpc) is 2.38. The number of hydrogen-bond donors (Lipinski definition) is 1. The molecule has 0 spiro atoms. The van der Waals surface area contributed by atoms with E-state index in [0.717, 1.165) is 31.6 Å². The first-order valence-electron chi connectivity index (χ1n) is 6.64. The van der Waals surface area contributed by atoms with Gasteiger partial charge in [0.05, 0.1) is 6.10 Å². The van der Waals surface area contributed by atoms with Gasteiger partial charge in [-0.3, -0.25) is 4.79 Å². The number of ketones is 1. The molecule has 1 unspecified atom stereocenters. The Balaban J connectivity index is 1.79. The third-order valence-corrected chi connectivity index (χ3v) is 3.59. The van der Waals surface area contributed by atoms with Gasteiger partial charge in [0.15, 0.2) is 0 Å². The van der Waals surface area contributed by atoms with E-state index < -0.39 is 6.10 Å². The van der Waals surface area contributed by atoms with Crippen LogP contribution in [0, 0.1) is 6.92 Å². The molecule has 1 atom stereocenters. The van der Waals surface area contributed by atoms with Gasteiger partial charge in [-0.25, -0.2) is 0 Å². The Bertz CT molecular complexity index is 389. The van der Waals surface area contributed by atoms with Crippen LogP contribution in [0.4, 0.5) is 0 Å². The third kappa shape index (κ3) is 3.65. The minimum absolute atomic E-state index is 0.366. The highest BCUT2D eigenvalue weighted by atomic mass is 16.3. The zero-order valence-corrected chi connectivity index (χ0v) is 10.9. The highest BCUT2D eigenvalue weighted by molar-refractivity contribution is 5.79. The number of piperidine rings is 1. The molecule has 1 aromatic rings. The Morgan fingerprint density at radius 1 is 1.22 bits per heavy atom. The molecular weight excluding hydrogens is 226 g/mol. The molecule has 1 N–H and O–H groups in total. The number of likely N-dealkylation sites (tertiary alicyclic amines) is 1. The van der Waals surface area contributed by atoms with Gasteiger partial charge in [0.25, 0.3) is 0 Å². The summed E-state index contributed by atoms with van der Waals surface area (Å²) < 4.78 is 0. The summed E-state index contributed by atoms with van der Waals surface area (Å²) in [7, 11) is 0. The Kier molecular flexibility index (Phi) is 4.50. The van der Waals surface area contributed by atoms with Crippen molar-refractivity contribution in [3.05, 3.63) is 35.4 Å². The summed E-state index contributed by atoms with van der Waals surface area (Å²) in [4.78, 5) is 13.4. The number of rotatable bonds is 4. The number of aliphatic hydroxyl groups is 1. The lowest BCUT2D eigenvalue weighted by atomic mass is 10.0. The first-order chi connectivity index (χ1) is 8.65. The van der Waals surface area contributed by atoms with Crippen LogP contribution in [-0.2, 0) is 4.79 Å². The molecule has 0 saturated carbocycles. The van der Waals surface area contributed by atoms with Crippen LogP contribution in [0.1, 0.15) is 36.5 Å². The van der Waals surface area contributed by atoms with Crippen LogP contribution >= 0.6 is 0 Å². The molecule has 0 amide bonds. The Morgan fingerprint density at radius 2 is 1.83 bits per heavy atom. The van der Waals surface area contributed by atoms with Crippen LogP contribution in [0.15, 0.2) is 24.3 Å². The lowest BCUT2D eigenvalue weighted by molar-refractivity contribution is -0.121. The number of nitrogens with zero attached hydrogens (tertiary/aromatic N) is 1. The van der Waals surface area contributed by atoms with Gasteiger partial charge >= 0.3 is 0 Å². The molecule has 0 bridgehead atoms. The van der Waals surface area contributed by atoms with E-state index in [9.17, 15) is 9.90 Å². The lowest BCUT2D eigenvalue weighted by Crippen LogP contribution is -2.35. The van der Waals surface area contributed by atoms with E-state index in [0.29, 0.717) is 18.6 Å². The number of benzene rings is 1. The first-order valence-corrected chi connectivity index (χ1v) is 6.64. The van der Waals surface area contributed by atoms with E-state index in [-0.39, 0.29) is 0 Å². The second kappa shape index (κ2) is 6.12. The molecule has 98 valence electrons. The number of carbonyl (C=O) groups is 1. The Hall–Kier alpha value is -1.19. The van der Waals surface area contributed by atoms with E-state index in [4.69, 9.17) is 0 Å². The molecule has 0 aliphatic carbocycles. The van der Waals surface area contributed by atoms with Gasteiger partial charge in [-0.15, -0.1) is 0 Å². The minimum Gasteiger partial charge on any atom is -0.388 e. The smallest absolute Gasteiger partial charge is 0.135 e. The van der Waals surface area contributed by atoms with Crippen molar-refractivity contribution in [3.63, 3.8) is 0 Å². The normalized spacial score (nSPS) is 18.9. The van der Waals surface area contributed by atoms with Crippen molar-refractivity contribution in [1.29, 1.82) is 0 Å². The molecule has 2 rings (SSSR count). The molecular formula is C15H21NO2. The standard InChI is InChI=1S/C15H21NO2/c1-12-2-4-13(5-3-12)15(18)8-11-16-9-6-14(17)7-10-16/h2-5,15,18H,6-11H2,1H3. The summed E-state index contributed by atoms with van der Waals surface area (Å²) in [5.41, 5.74) is 2.19. The molecule has 1 aliphatic rings. The van der Waals surface area contributed by atoms with Crippen LogP contribution in [0.25, 0.3) is 0 Å².